The van der Waals surface area contributed by atoms with Gasteiger partial charge in [0.05, 0.1) is 11.4 Å². The first-order chi connectivity index (χ1) is 15.3. The van der Waals surface area contributed by atoms with E-state index in [2.05, 4.69) is 15.5 Å². The van der Waals surface area contributed by atoms with Gasteiger partial charge in [0.25, 0.3) is 5.91 Å². The van der Waals surface area contributed by atoms with Gasteiger partial charge in [0.2, 0.25) is 0 Å². The second kappa shape index (κ2) is 10.7. The number of benzene rings is 2. The van der Waals surface area contributed by atoms with Crippen LogP contribution in [0.25, 0.3) is 0 Å². The average Bonchev–Trinajstić information content (AvgIpc) is 2.79. The Hall–Kier alpha value is -3.55. The van der Waals surface area contributed by atoms with Gasteiger partial charge in [-0.25, -0.2) is 9.59 Å². The minimum Gasteiger partial charge on any atom is -0.480 e. The fourth-order valence-electron chi connectivity index (χ4n) is 3.78. The lowest BCUT2D eigenvalue weighted by molar-refractivity contribution is -0.139. The van der Waals surface area contributed by atoms with Crippen LogP contribution in [0.4, 0.5) is 16.2 Å². The number of amides is 3. The van der Waals surface area contributed by atoms with E-state index in [1.54, 1.807) is 6.07 Å². The third kappa shape index (κ3) is 6.00. The molecule has 0 bridgehead atoms. The van der Waals surface area contributed by atoms with E-state index in [0.717, 1.165) is 5.69 Å². The van der Waals surface area contributed by atoms with E-state index in [0.29, 0.717) is 43.9 Å². The van der Waals surface area contributed by atoms with Crippen molar-refractivity contribution in [2.45, 2.75) is 26.3 Å². The zero-order chi connectivity index (χ0) is 23.1. The average molecular weight is 439 g/mol. The quantitative estimate of drug-likeness (QED) is 0.616. The Labute approximate surface area is 188 Å². The SMILES string of the molecule is CC(C)CC(NC(=O)Nc1ccccc1N1CCN(C(=O)c2ccccc2)CC1)C(=O)O. The van der Waals surface area contributed by atoms with Crippen LogP contribution in [0.1, 0.15) is 30.6 Å². The molecule has 1 heterocycles. The van der Waals surface area contributed by atoms with Gasteiger partial charge in [-0.1, -0.05) is 44.2 Å². The molecule has 2 aromatic carbocycles. The number of nitrogens with one attached hydrogen (secondary N) is 2. The topological polar surface area (TPSA) is 102 Å². The van der Waals surface area contributed by atoms with Crippen molar-refractivity contribution in [3.63, 3.8) is 0 Å². The number of rotatable bonds is 7. The highest BCUT2D eigenvalue weighted by Crippen LogP contribution is 2.27. The Morgan fingerprint density at radius 1 is 0.938 bits per heavy atom. The van der Waals surface area contributed by atoms with Gasteiger partial charge in [-0.05, 0) is 36.6 Å². The summed E-state index contributed by atoms with van der Waals surface area (Å²) in [7, 11) is 0. The second-order valence-corrected chi connectivity index (χ2v) is 8.28. The molecule has 3 rings (SSSR count). The van der Waals surface area contributed by atoms with Crippen molar-refractivity contribution in [2.75, 3.05) is 36.4 Å². The number of aliphatic carboxylic acids is 1. The zero-order valence-corrected chi connectivity index (χ0v) is 18.5. The summed E-state index contributed by atoms with van der Waals surface area (Å²) in [6.45, 7) is 6.22. The van der Waals surface area contributed by atoms with Crippen LogP contribution in [0.2, 0.25) is 0 Å². The fourth-order valence-corrected chi connectivity index (χ4v) is 3.78. The third-order valence-electron chi connectivity index (χ3n) is 5.39. The molecule has 1 atom stereocenters. The van der Waals surface area contributed by atoms with Gasteiger partial charge in [-0.2, -0.15) is 0 Å². The number of hydrogen-bond donors (Lipinski definition) is 3. The molecule has 1 aliphatic rings. The maximum absolute atomic E-state index is 12.7. The number of hydrogen-bond acceptors (Lipinski definition) is 4. The summed E-state index contributed by atoms with van der Waals surface area (Å²) in [6, 6.07) is 15.1. The van der Waals surface area contributed by atoms with Crippen molar-refractivity contribution in [1.82, 2.24) is 10.2 Å². The molecule has 0 radical (unpaired) electrons. The monoisotopic (exact) mass is 438 g/mol. The second-order valence-electron chi connectivity index (χ2n) is 8.28. The number of para-hydroxylation sites is 2. The van der Waals surface area contributed by atoms with E-state index in [9.17, 15) is 19.5 Å². The van der Waals surface area contributed by atoms with Crippen molar-refractivity contribution in [3.05, 3.63) is 60.2 Å². The Kier molecular flexibility index (Phi) is 7.70. The van der Waals surface area contributed by atoms with E-state index in [-0.39, 0.29) is 11.8 Å². The van der Waals surface area contributed by atoms with Crippen molar-refractivity contribution in [3.8, 4) is 0 Å². The standard InChI is InChI=1S/C24H30N4O4/c1-17(2)16-20(23(30)31)26-24(32)25-19-10-6-7-11-21(19)27-12-14-28(15-13-27)22(29)18-8-4-3-5-9-18/h3-11,17,20H,12-16H2,1-2H3,(H,30,31)(H2,25,26,32). The van der Waals surface area contributed by atoms with Gasteiger partial charge in [0, 0.05) is 31.7 Å². The molecule has 2 aromatic rings. The van der Waals surface area contributed by atoms with E-state index in [1.807, 2.05) is 67.3 Å². The van der Waals surface area contributed by atoms with Gasteiger partial charge in [0.1, 0.15) is 6.04 Å². The molecule has 1 fully saturated rings. The number of urea groups is 1. The Morgan fingerprint density at radius 3 is 2.19 bits per heavy atom. The number of nitrogens with zero attached hydrogens (tertiary/aromatic N) is 2. The molecule has 0 aliphatic carbocycles. The fraction of sp³-hybridized carbons (Fsp3) is 0.375. The highest BCUT2D eigenvalue weighted by Gasteiger charge is 2.25. The lowest BCUT2D eigenvalue weighted by Gasteiger charge is -2.37. The van der Waals surface area contributed by atoms with Crippen LogP contribution >= 0.6 is 0 Å². The minimum absolute atomic E-state index is 0.0147. The molecule has 3 N–H and O–H groups in total. The van der Waals surface area contributed by atoms with Gasteiger partial charge in [-0.3, -0.25) is 4.79 Å². The predicted molar refractivity (Wildman–Crippen MR) is 124 cm³/mol. The summed E-state index contributed by atoms with van der Waals surface area (Å²) in [5.41, 5.74) is 2.11. The van der Waals surface area contributed by atoms with Gasteiger partial charge >= 0.3 is 12.0 Å². The van der Waals surface area contributed by atoms with Crippen LogP contribution in [0, 0.1) is 5.92 Å². The van der Waals surface area contributed by atoms with Crippen LogP contribution in [0.15, 0.2) is 54.6 Å². The van der Waals surface area contributed by atoms with Crippen LogP contribution in [0.3, 0.4) is 0 Å². The highest BCUT2D eigenvalue weighted by atomic mass is 16.4. The largest absolute Gasteiger partial charge is 0.480 e. The van der Waals surface area contributed by atoms with Crippen molar-refractivity contribution in [2.24, 2.45) is 5.92 Å². The zero-order valence-electron chi connectivity index (χ0n) is 18.5. The number of carboxylic acids is 1. The first-order valence-corrected chi connectivity index (χ1v) is 10.8. The van der Waals surface area contributed by atoms with E-state index >= 15 is 0 Å². The summed E-state index contributed by atoms with van der Waals surface area (Å²) in [5, 5.41) is 14.7. The number of carboxylic acid groups (broad SMARTS) is 1. The van der Waals surface area contributed by atoms with Crippen LogP contribution in [0.5, 0.6) is 0 Å². The molecule has 170 valence electrons. The first kappa shape index (κ1) is 23.1. The molecular formula is C24H30N4O4. The summed E-state index contributed by atoms with van der Waals surface area (Å²) >= 11 is 0. The summed E-state index contributed by atoms with van der Waals surface area (Å²) < 4.78 is 0. The Morgan fingerprint density at radius 2 is 1.56 bits per heavy atom. The van der Waals surface area contributed by atoms with Crippen LogP contribution in [-0.4, -0.2) is 60.1 Å². The molecule has 0 aromatic heterocycles. The summed E-state index contributed by atoms with van der Waals surface area (Å²) in [4.78, 5) is 40.6. The molecule has 0 spiro atoms. The maximum Gasteiger partial charge on any atom is 0.326 e. The molecule has 32 heavy (non-hydrogen) atoms. The van der Waals surface area contributed by atoms with Crippen molar-refractivity contribution in [1.29, 1.82) is 0 Å². The molecule has 1 saturated heterocycles. The van der Waals surface area contributed by atoms with Crippen LogP contribution in [-0.2, 0) is 4.79 Å². The van der Waals surface area contributed by atoms with Crippen molar-refractivity contribution >= 4 is 29.3 Å². The highest BCUT2D eigenvalue weighted by molar-refractivity contribution is 5.96. The molecular weight excluding hydrogens is 408 g/mol. The predicted octanol–water partition coefficient (Wildman–Crippen LogP) is 3.27. The molecule has 8 heteroatoms. The number of anilines is 2. The van der Waals surface area contributed by atoms with E-state index in [1.165, 1.54) is 0 Å². The van der Waals surface area contributed by atoms with E-state index in [4.69, 9.17) is 0 Å². The normalized spacial score (nSPS) is 14.7. The molecule has 1 unspecified atom stereocenters. The number of carbonyl (C=O) groups is 3. The smallest absolute Gasteiger partial charge is 0.326 e. The maximum atomic E-state index is 12.7. The number of carbonyl (C=O) groups excluding carboxylic acids is 2. The summed E-state index contributed by atoms with van der Waals surface area (Å²) in [5.74, 6) is -0.902. The number of piperazine rings is 1. The first-order valence-electron chi connectivity index (χ1n) is 10.8. The van der Waals surface area contributed by atoms with Gasteiger partial charge in [0.15, 0.2) is 0 Å². The Bertz CT molecular complexity index is 940. The summed E-state index contributed by atoms with van der Waals surface area (Å²) in [6.07, 6.45) is 0.349. The van der Waals surface area contributed by atoms with Crippen molar-refractivity contribution < 1.29 is 19.5 Å². The Balaban J connectivity index is 1.62. The minimum atomic E-state index is -1.05. The molecule has 1 aliphatic heterocycles. The lowest BCUT2D eigenvalue weighted by Crippen LogP contribution is -2.49. The molecule has 3 amide bonds. The third-order valence-corrected chi connectivity index (χ3v) is 5.39. The van der Waals surface area contributed by atoms with Crippen LogP contribution < -0.4 is 15.5 Å². The molecule has 8 nitrogen and oxygen atoms in total. The van der Waals surface area contributed by atoms with Gasteiger partial charge in [-0.15, -0.1) is 0 Å². The van der Waals surface area contributed by atoms with E-state index < -0.39 is 18.0 Å². The lowest BCUT2D eigenvalue weighted by atomic mass is 10.0. The van der Waals surface area contributed by atoms with Gasteiger partial charge < -0.3 is 25.5 Å². The molecule has 0 saturated carbocycles.